The van der Waals surface area contributed by atoms with Crippen LogP contribution < -0.4 is 15.5 Å². The van der Waals surface area contributed by atoms with Crippen molar-refractivity contribution in [2.75, 3.05) is 41.8 Å². The molecule has 2 N–H and O–H groups in total. The molecule has 0 unspecified atom stereocenters. The van der Waals surface area contributed by atoms with E-state index in [1.54, 1.807) is 11.4 Å². The largest absolute Gasteiger partial charge is 0.378 e. The predicted molar refractivity (Wildman–Crippen MR) is 121 cm³/mol. The number of hydrogen-bond acceptors (Lipinski definition) is 7. The van der Waals surface area contributed by atoms with Crippen molar-refractivity contribution in [3.8, 4) is 0 Å². The lowest BCUT2D eigenvalue weighted by molar-refractivity contribution is -0.115. The standard InChI is InChI=1S/C21H22N4O3S2/c1-14-11-16(25-6-8-28-9-7-25)4-5-17(14)23-19(26)12-15-13-30-21(22-15)24-20(27)18-3-2-10-29-18/h2-5,10-11,13H,6-9,12H2,1H3,(H,23,26)(H,22,24,27). The molecule has 0 aliphatic carbocycles. The molecule has 3 aromatic rings. The van der Waals surface area contributed by atoms with Crippen LogP contribution in [0.25, 0.3) is 0 Å². The van der Waals surface area contributed by atoms with Crippen LogP contribution in [0.2, 0.25) is 0 Å². The Morgan fingerprint density at radius 1 is 1.17 bits per heavy atom. The van der Waals surface area contributed by atoms with Gasteiger partial charge in [0.05, 0.1) is 30.2 Å². The van der Waals surface area contributed by atoms with Crippen LogP contribution in [0.5, 0.6) is 0 Å². The number of hydrogen-bond donors (Lipinski definition) is 2. The van der Waals surface area contributed by atoms with E-state index in [0.29, 0.717) is 15.7 Å². The van der Waals surface area contributed by atoms with Crippen LogP contribution in [0, 0.1) is 6.92 Å². The highest BCUT2D eigenvalue weighted by Gasteiger charge is 2.15. The number of aryl methyl sites for hydroxylation is 1. The van der Waals surface area contributed by atoms with Gasteiger partial charge in [0.2, 0.25) is 5.91 Å². The number of morpholine rings is 1. The highest BCUT2D eigenvalue weighted by atomic mass is 32.1. The number of anilines is 3. The number of carbonyl (C=O) groups excluding carboxylic acids is 2. The summed E-state index contributed by atoms with van der Waals surface area (Å²) in [4.78, 5) is 31.8. The minimum absolute atomic E-state index is 0.140. The normalized spacial score (nSPS) is 13.8. The molecule has 0 saturated carbocycles. The second kappa shape index (κ2) is 9.38. The molecular formula is C21H22N4O3S2. The van der Waals surface area contributed by atoms with Crippen LogP contribution in [-0.2, 0) is 16.0 Å². The quantitative estimate of drug-likeness (QED) is 0.607. The van der Waals surface area contributed by atoms with Gasteiger partial charge in [-0.15, -0.1) is 22.7 Å². The van der Waals surface area contributed by atoms with Gasteiger partial charge in [-0.05, 0) is 42.1 Å². The first-order valence-corrected chi connectivity index (χ1v) is 11.4. The molecule has 1 aliphatic rings. The Morgan fingerprint density at radius 2 is 2.00 bits per heavy atom. The molecule has 156 valence electrons. The van der Waals surface area contributed by atoms with Gasteiger partial charge in [0.1, 0.15) is 0 Å². The smallest absolute Gasteiger partial charge is 0.267 e. The number of nitrogens with zero attached hydrogens (tertiary/aromatic N) is 2. The first-order valence-electron chi connectivity index (χ1n) is 9.61. The zero-order valence-electron chi connectivity index (χ0n) is 16.5. The molecule has 0 bridgehead atoms. The third-order valence-electron chi connectivity index (χ3n) is 4.72. The number of benzene rings is 1. The van der Waals surface area contributed by atoms with E-state index in [2.05, 4.69) is 26.6 Å². The summed E-state index contributed by atoms with van der Waals surface area (Å²) in [5.74, 6) is -0.329. The van der Waals surface area contributed by atoms with Crippen molar-refractivity contribution >= 4 is 51.0 Å². The van der Waals surface area contributed by atoms with Gasteiger partial charge in [0, 0.05) is 29.8 Å². The maximum atomic E-state index is 12.5. The number of amides is 2. The molecule has 0 atom stereocenters. The lowest BCUT2D eigenvalue weighted by Gasteiger charge is -2.29. The van der Waals surface area contributed by atoms with Crippen LogP contribution in [0.3, 0.4) is 0 Å². The van der Waals surface area contributed by atoms with Crippen molar-refractivity contribution < 1.29 is 14.3 Å². The van der Waals surface area contributed by atoms with Crippen molar-refractivity contribution in [1.82, 2.24) is 4.98 Å². The summed E-state index contributed by atoms with van der Waals surface area (Å²) in [5, 5.41) is 9.85. The third-order valence-corrected chi connectivity index (χ3v) is 6.39. The van der Waals surface area contributed by atoms with Crippen LogP contribution >= 0.6 is 22.7 Å². The van der Waals surface area contributed by atoms with Crippen LogP contribution in [0.4, 0.5) is 16.5 Å². The van der Waals surface area contributed by atoms with Crippen molar-refractivity contribution in [2.24, 2.45) is 0 Å². The molecule has 1 saturated heterocycles. The highest BCUT2D eigenvalue weighted by molar-refractivity contribution is 7.14. The predicted octanol–water partition coefficient (Wildman–Crippen LogP) is 3.78. The molecule has 3 heterocycles. The van der Waals surface area contributed by atoms with E-state index in [4.69, 9.17) is 4.74 Å². The molecule has 2 aromatic heterocycles. The fraction of sp³-hybridized carbons (Fsp3) is 0.286. The molecule has 1 fully saturated rings. The first kappa shape index (κ1) is 20.5. The SMILES string of the molecule is Cc1cc(N2CCOCC2)ccc1NC(=O)Cc1csc(NC(=O)c2cccs2)n1. The Labute approximate surface area is 182 Å². The Balaban J connectivity index is 1.33. The van der Waals surface area contributed by atoms with E-state index < -0.39 is 0 Å². The molecule has 30 heavy (non-hydrogen) atoms. The van der Waals surface area contributed by atoms with Gasteiger partial charge in [-0.2, -0.15) is 0 Å². The van der Waals surface area contributed by atoms with Gasteiger partial charge >= 0.3 is 0 Å². The summed E-state index contributed by atoms with van der Waals surface area (Å²) in [6.45, 7) is 5.21. The molecule has 0 radical (unpaired) electrons. The van der Waals surface area contributed by atoms with E-state index in [-0.39, 0.29) is 18.2 Å². The number of thiophene rings is 1. The number of aromatic nitrogens is 1. The van der Waals surface area contributed by atoms with Crippen molar-refractivity contribution in [3.05, 3.63) is 57.2 Å². The molecule has 0 spiro atoms. The minimum atomic E-state index is -0.189. The lowest BCUT2D eigenvalue weighted by atomic mass is 10.1. The van der Waals surface area contributed by atoms with Crippen molar-refractivity contribution in [1.29, 1.82) is 0 Å². The minimum Gasteiger partial charge on any atom is -0.378 e. The van der Waals surface area contributed by atoms with Gasteiger partial charge in [0.15, 0.2) is 5.13 Å². The van der Waals surface area contributed by atoms with Crippen LogP contribution in [0.15, 0.2) is 41.1 Å². The number of nitrogens with one attached hydrogen (secondary N) is 2. The Kier molecular flexibility index (Phi) is 6.41. The lowest BCUT2D eigenvalue weighted by Crippen LogP contribution is -2.36. The fourth-order valence-corrected chi connectivity index (χ4v) is 4.50. The maximum Gasteiger partial charge on any atom is 0.267 e. The third kappa shape index (κ3) is 5.05. The average Bonchev–Trinajstić information content (AvgIpc) is 3.42. The first-order chi connectivity index (χ1) is 14.6. The Bertz CT molecular complexity index is 1030. The van der Waals surface area contributed by atoms with Gasteiger partial charge in [0.25, 0.3) is 5.91 Å². The fourth-order valence-electron chi connectivity index (χ4n) is 3.18. The second-order valence-corrected chi connectivity index (χ2v) is 8.70. The topological polar surface area (TPSA) is 83.6 Å². The number of thiazole rings is 1. The highest BCUT2D eigenvalue weighted by Crippen LogP contribution is 2.24. The van der Waals surface area contributed by atoms with Gasteiger partial charge in [-0.25, -0.2) is 4.98 Å². The zero-order chi connectivity index (χ0) is 20.9. The Morgan fingerprint density at radius 3 is 2.73 bits per heavy atom. The molecule has 1 aliphatic heterocycles. The van der Waals surface area contributed by atoms with Gasteiger partial charge in [-0.1, -0.05) is 6.07 Å². The van der Waals surface area contributed by atoms with E-state index in [9.17, 15) is 9.59 Å². The summed E-state index contributed by atoms with van der Waals surface area (Å²) in [7, 11) is 0. The van der Waals surface area contributed by atoms with Crippen molar-refractivity contribution in [2.45, 2.75) is 13.3 Å². The Hall–Kier alpha value is -2.75. The summed E-state index contributed by atoms with van der Waals surface area (Å²) in [5.41, 5.74) is 3.56. The van der Waals surface area contributed by atoms with E-state index >= 15 is 0 Å². The monoisotopic (exact) mass is 442 g/mol. The molecule has 1 aromatic carbocycles. The molecular weight excluding hydrogens is 420 g/mol. The molecule has 4 rings (SSSR count). The van der Waals surface area contributed by atoms with Crippen molar-refractivity contribution in [3.63, 3.8) is 0 Å². The molecule has 2 amide bonds. The summed E-state index contributed by atoms with van der Waals surface area (Å²) < 4.78 is 5.40. The number of carbonyl (C=O) groups is 2. The van der Waals surface area contributed by atoms with E-state index in [0.717, 1.165) is 43.2 Å². The number of rotatable bonds is 6. The summed E-state index contributed by atoms with van der Waals surface area (Å²) in [6.07, 6.45) is 0.149. The molecule has 9 heteroatoms. The molecule has 7 nitrogen and oxygen atoms in total. The van der Waals surface area contributed by atoms with E-state index in [1.807, 2.05) is 30.5 Å². The van der Waals surface area contributed by atoms with E-state index in [1.165, 1.54) is 22.7 Å². The van der Waals surface area contributed by atoms with Crippen LogP contribution in [-0.4, -0.2) is 43.1 Å². The second-order valence-electron chi connectivity index (χ2n) is 6.90. The van der Waals surface area contributed by atoms with Crippen LogP contribution in [0.1, 0.15) is 20.9 Å². The zero-order valence-corrected chi connectivity index (χ0v) is 18.1. The summed E-state index contributed by atoms with van der Waals surface area (Å²) >= 11 is 2.68. The maximum absolute atomic E-state index is 12.5. The van der Waals surface area contributed by atoms with Gasteiger partial charge in [-0.3, -0.25) is 14.9 Å². The van der Waals surface area contributed by atoms with Gasteiger partial charge < -0.3 is 15.0 Å². The average molecular weight is 443 g/mol. The number of ether oxygens (including phenoxy) is 1. The summed E-state index contributed by atoms with van der Waals surface area (Å²) in [6, 6.07) is 9.63.